The summed E-state index contributed by atoms with van der Waals surface area (Å²) in [6.07, 6.45) is 6.42. The van der Waals surface area contributed by atoms with Crippen LogP contribution in [0.4, 0.5) is 0 Å². The number of pyridine rings is 1. The monoisotopic (exact) mass is 262 g/mol. The Morgan fingerprint density at radius 3 is 2.95 bits per heavy atom. The number of carboxylic acid groups (broad SMARTS) is 1. The predicted octanol–water partition coefficient (Wildman–Crippen LogP) is 2.84. The van der Waals surface area contributed by atoms with Crippen LogP contribution in [-0.2, 0) is 6.54 Å². The number of hydrogen-bond donors (Lipinski definition) is 2. The molecule has 1 aliphatic rings. The normalized spacial score (nSPS) is 23.8. The quantitative estimate of drug-likeness (QED) is 0.819. The van der Waals surface area contributed by atoms with Gasteiger partial charge in [0.2, 0.25) is 0 Å². The fourth-order valence-corrected chi connectivity index (χ4v) is 2.73. The Bertz CT molecular complexity index is 434. The second kappa shape index (κ2) is 6.66. The van der Waals surface area contributed by atoms with Gasteiger partial charge in [-0.3, -0.25) is 0 Å². The average Bonchev–Trinajstić information content (AvgIpc) is 2.61. The number of carboxylic acids is 1. The van der Waals surface area contributed by atoms with Crippen LogP contribution in [0.1, 0.15) is 55.2 Å². The first kappa shape index (κ1) is 14.0. The molecule has 0 radical (unpaired) electrons. The van der Waals surface area contributed by atoms with E-state index in [0.717, 1.165) is 5.69 Å². The molecule has 0 saturated heterocycles. The summed E-state index contributed by atoms with van der Waals surface area (Å²) < 4.78 is 0. The van der Waals surface area contributed by atoms with Crippen molar-refractivity contribution in [3.63, 3.8) is 0 Å². The van der Waals surface area contributed by atoms with Crippen LogP contribution in [0, 0.1) is 5.92 Å². The minimum Gasteiger partial charge on any atom is -0.477 e. The first-order valence-electron chi connectivity index (χ1n) is 7.09. The number of rotatable bonds is 4. The van der Waals surface area contributed by atoms with Gasteiger partial charge < -0.3 is 10.4 Å². The number of nitrogens with one attached hydrogen (secondary N) is 1. The van der Waals surface area contributed by atoms with Crippen molar-refractivity contribution in [1.82, 2.24) is 10.3 Å². The second-order valence-electron chi connectivity index (χ2n) is 5.42. The molecule has 0 spiro atoms. The van der Waals surface area contributed by atoms with Gasteiger partial charge in [0.25, 0.3) is 0 Å². The number of aromatic nitrogens is 1. The lowest BCUT2D eigenvalue weighted by molar-refractivity contribution is 0.0690. The molecule has 1 heterocycles. The molecule has 4 nitrogen and oxygen atoms in total. The Labute approximate surface area is 114 Å². The topological polar surface area (TPSA) is 62.2 Å². The lowest BCUT2D eigenvalue weighted by atomic mass is 9.97. The standard InChI is InChI=1S/C15H22N2O2/c1-11-6-3-2-4-8-13(11)16-10-12-7-5-9-14(17-12)15(18)19/h5,7,9,11,13,16H,2-4,6,8,10H2,1H3,(H,18,19). The van der Waals surface area contributed by atoms with E-state index in [0.29, 0.717) is 18.5 Å². The Hall–Kier alpha value is -1.42. The molecule has 1 aromatic heterocycles. The number of carbonyl (C=O) groups is 1. The summed E-state index contributed by atoms with van der Waals surface area (Å²) in [5.74, 6) is -0.283. The third kappa shape index (κ3) is 4.03. The zero-order valence-corrected chi connectivity index (χ0v) is 11.4. The molecule has 104 valence electrons. The van der Waals surface area contributed by atoms with Crippen LogP contribution < -0.4 is 5.32 Å². The van der Waals surface area contributed by atoms with Gasteiger partial charge in [-0.1, -0.05) is 32.3 Å². The minimum atomic E-state index is -0.968. The number of hydrogen-bond acceptors (Lipinski definition) is 3. The summed E-state index contributed by atoms with van der Waals surface area (Å²) in [6, 6.07) is 5.68. The Morgan fingerprint density at radius 1 is 1.37 bits per heavy atom. The van der Waals surface area contributed by atoms with Crippen LogP contribution in [0.2, 0.25) is 0 Å². The second-order valence-corrected chi connectivity index (χ2v) is 5.42. The molecule has 1 fully saturated rings. The van der Waals surface area contributed by atoms with E-state index in [4.69, 9.17) is 5.11 Å². The maximum atomic E-state index is 10.9. The SMILES string of the molecule is CC1CCCCCC1NCc1cccc(C(=O)O)n1. The summed E-state index contributed by atoms with van der Waals surface area (Å²) in [5, 5.41) is 12.5. The van der Waals surface area contributed by atoms with Crippen LogP contribution in [0.5, 0.6) is 0 Å². The molecule has 4 heteroatoms. The summed E-state index contributed by atoms with van der Waals surface area (Å²) in [4.78, 5) is 15.0. The van der Waals surface area contributed by atoms with Crippen molar-refractivity contribution < 1.29 is 9.90 Å². The van der Waals surface area contributed by atoms with Gasteiger partial charge in [0.05, 0.1) is 5.69 Å². The molecule has 0 amide bonds. The third-order valence-corrected chi connectivity index (χ3v) is 3.93. The van der Waals surface area contributed by atoms with Gasteiger partial charge in [-0.2, -0.15) is 0 Å². The fourth-order valence-electron chi connectivity index (χ4n) is 2.73. The average molecular weight is 262 g/mol. The maximum absolute atomic E-state index is 10.9. The highest BCUT2D eigenvalue weighted by atomic mass is 16.4. The Balaban J connectivity index is 1.93. The van der Waals surface area contributed by atoms with Crippen molar-refractivity contribution >= 4 is 5.97 Å². The highest BCUT2D eigenvalue weighted by molar-refractivity contribution is 5.85. The van der Waals surface area contributed by atoms with E-state index in [2.05, 4.69) is 17.2 Å². The van der Waals surface area contributed by atoms with E-state index in [9.17, 15) is 4.79 Å². The van der Waals surface area contributed by atoms with Crippen LogP contribution in [0.25, 0.3) is 0 Å². The molecular weight excluding hydrogens is 240 g/mol. The number of aromatic carboxylic acids is 1. The maximum Gasteiger partial charge on any atom is 0.354 e. The Morgan fingerprint density at radius 2 is 2.16 bits per heavy atom. The predicted molar refractivity (Wildman–Crippen MR) is 74.1 cm³/mol. The zero-order chi connectivity index (χ0) is 13.7. The molecule has 19 heavy (non-hydrogen) atoms. The van der Waals surface area contributed by atoms with Crippen molar-refractivity contribution in [3.05, 3.63) is 29.6 Å². The zero-order valence-electron chi connectivity index (χ0n) is 11.4. The minimum absolute atomic E-state index is 0.119. The van der Waals surface area contributed by atoms with E-state index < -0.39 is 5.97 Å². The Kier molecular flexibility index (Phi) is 4.91. The van der Waals surface area contributed by atoms with E-state index in [1.165, 1.54) is 38.2 Å². The highest BCUT2D eigenvalue weighted by Crippen LogP contribution is 2.23. The molecule has 0 aromatic carbocycles. The van der Waals surface area contributed by atoms with E-state index in [-0.39, 0.29) is 5.69 Å². The van der Waals surface area contributed by atoms with Crippen LogP contribution in [-0.4, -0.2) is 22.1 Å². The van der Waals surface area contributed by atoms with Crippen molar-refractivity contribution in [2.24, 2.45) is 5.92 Å². The highest BCUT2D eigenvalue weighted by Gasteiger charge is 2.19. The smallest absolute Gasteiger partial charge is 0.354 e. The third-order valence-electron chi connectivity index (χ3n) is 3.93. The van der Waals surface area contributed by atoms with Gasteiger partial charge in [0.15, 0.2) is 0 Å². The van der Waals surface area contributed by atoms with Crippen LogP contribution >= 0.6 is 0 Å². The fraction of sp³-hybridized carbons (Fsp3) is 0.600. The molecule has 2 atom stereocenters. The first-order valence-corrected chi connectivity index (χ1v) is 7.09. The van der Waals surface area contributed by atoms with Gasteiger partial charge in [0, 0.05) is 12.6 Å². The van der Waals surface area contributed by atoms with Gasteiger partial charge in [-0.25, -0.2) is 9.78 Å². The molecule has 2 rings (SSSR count). The summed E-state index contributed by atoms with van der Waals surface area (Å²) >= 11 is 0. The van der Waals surface area contributed by atoms with Crippen LogP contribution in [0.3, 0.4) is 0 Å². The lowest BCUT2D eigenvalue weighted by Gasteiger charge is -2.22. The van der Waals surface area contributed by atoms with Gasteiger partial charge in [-0.15, -0.1) is 0 Å². The van der Waals surface area contributed by atoms with Gasteiger partial charge in [-0.05, 0) is 30.9 Å². The molecule has 0 bridgehead atoms. The molecular formula is C15H22N2O2. The van der Waals surface area contributed by atoms with Crippen molar-refractivity contribution in [3.8, 4) is 0 Å². The van der Waals surface area contributed by atoms with Crippen molar-refractivity contribution in [1.29, 1.82) is 0 Å². The van der Waals surface area contributed by atoms with Gasteiger partial charge in [0.1, 0.15) is 5.69 Å². The molecule has 1 saturated carbocycles. The summed E-state index contributed by atoms with van der Waals surface area (Å²) in [5.41, 5.74) is 0.921. The molecule has 2 N–H and O–H groups in total. The summed E-state index contributed by atoms with van der Waals surface area (Å²) in [7, 11) is 0. The first-order chi connectivity index (χ1) is 9.16. The molecule has 0 aliphatic heterocycles. The molecule has 2 unspecified atom stereocenters. The van der Waals surface area contributed by atoms with Crippen molar-refractivity contribution in [2.75, 3.05) is 0 Å². The van der Waals surface area contributed by atoms with Crippen molar-refractivity contribution in [2.45, 2.75) is 51.6 Å². The molecule has 1 aliphatic carbocycles. The largest absolute Gasteiger partial charge is 0.477 e. The van der Waals surface area contributed by atoms with Gasteiger partial charge >= 0.3 is 5.97 Å². The summed E-state index contributed by atoms with van der Waals surface area (Å²) in [6.45, 7) is 2.94. The number of nitrogens with zero attached hydrogens (tertiary/aromatic N) is 1. The lowest BCUT2D eigenvalue weighted by Crippen LogP contribution is -2.34. The van der Waals surface area contributed by atoms with E-state index in [1.807, 2.05) is 6.07 Å². The van der Waals surface area contributed by atoms with Crippen LogP contribution in [0.15, 0.2) is 18.2 Å². The van der Waals surface area contributed by atoms with E-state index >= 15 is 0 Å². The molecule has 1 aromatic rings. The van der Waals surface area contributed by atoms with E-state index in [1.54, 1.807) is 6.07 Å².